The van der Waals surface area contributed by atoms with Crippen molar-refractivity contribution in [1.29, 1.82) is 0 Å². The van der Waals surface area contributed by atoms with E-state index in [9.17, 15) is 18.0 Å². The lowest BCUT2D eigenvalue weighted by Crippen LogP contribution is -2.28. The van der Waals surface area contributed by atoms with E-state index in [4.69, 9.17) is 5.73 Å². The summed E-state index contributed by atoms with van der Waals surface area (Å²) in [6, 6.07) is 0. The molecule has 3 N–H and O–H groups in total. The molecule has 0 spiro atoms. The number of aryl methyl sites for hydroxylation is 2. The van der Waals surface area contributed by atoms with Crippen molar-refractivity contribution in [3.8, 4) is 0 Å². The SMILES string of the molecule is CCn1nc(C)c(N)c1C(=O)NCCCCC(F)(F)F. The number of nitrogen functional groups attached to an aromatic ring is 1. The lowest BCUT2D eigenvalue weighted by molar-refractivity contribution is -0.135. The van der Waals surface area contributed by atoms with Crippen molar-refractivity contribution in [1.82, 2.24) is 15.1 Å². The first-order chi connectivity index (χ1) is 9.26. The number of halogens is 3. The van der Waals surface area contributed by atoms with Gasteiger partial charge in [0.05, 0.1) is 11.4 Å². The molecule has 0 aliphatic rings. The molecule has 20 heavy (non-hydrogen) atoms. The molecule has 0 aromatic carbocycles. The van der Waals surface area contributed by atoms with Crippen LogP contribution in [0.15, 0.2) is 0 Å². The predicted octanol–water partition coefficient (Wildman–Crippen LogP) is 2.26. The summed E-state index contributed by atoms with van der Waals surface area (Å²) in [7, 11) is 0. The Morgan fingerprint density at radius 3 is 2.60 bits per heavy atom. The van der Waals surface area contributed by atoms with Crippen LogP contribution in [0, 0.1) is 6.92 Å². The average Bonchev–Trinajstić information content (AvgIpc) is 2.63. The highest BCUT2D eigenvalue weighted by Gasteiger charge is 2.26. The lowest BCUT2D eigenvalue weighted by atomic mass is 10.2. The standard InChI is InChI=1S/C12H19F3N4O/c1-3-19-10(9(16)8(2)18-19)11(20)17-7-5-4-6-12(13,14)15/h3-7,16H2,1-2H3,(H,17,20). The van der Waals surface area contributed by atoms with Crippen LogP contribution >= 0.6 is 0 Å². The minimum atomic E-state index is -4.15. The van der Waals surface area contributed by atoms with Gasteiger partial charge in [-0.15, -0.1) is 0 Å². The number of hydrogen-bond donors (Lipinski definition) is 2. The minimum absolute atomic E-state index is 0.00860. The number of carbonyl (C=O) groups is 1. The number of unbranched alkanes of at least 4 members (excludes halogenated alkanes) is 1. The van der Waals surface area contributed by atoms with Crippen LogP contribution in [-0.2, 0) is 6.54 Å². The Hall–Kier alpha value is -1.73. The molecule has 5 nitrogen and oxygen atoms in total. The molecule has 1 rings (SSSR count). The molecule has 0 saturated carbocycles. The number of nitrogens with one attached hydrogen (secondary N) is 1. The van der Waals surface area contributed by atoms with Crippen molar-refractivity contribution in [3.63, 3.8) is 0 Å². The van der Waals surface area contributed by atoms with Gasteiger partial charge in [0.15, 0.2) is 0 Å². The summed E-state index contributed by atoms with van der Waals surface area (Å²) in [5.74, 6) is -0.406. The normalized spacial score (nSPS) is 11.7. The van der Waals surface area contributed by atoms with Gasteiger partial charge in [-0.2, -0.15) is 18.3 Å². The fourth-order valence-corrected chi connectivity index (χ4v) is 1.80. The highest BCUT2D eigenvalue weighted by atomic mass is 19.4. The monoisotopic (exact) mass is 292 g/mol. The summed E-state index contributed by atoms with van der Waals surface area (Å²) in [6.45, 7) is 4.20. The third-order valence-electron chi connectivity index (χ3n) is 2.86. The smallest absolute Gasteiger partial charge is 0.389 e. The van der Waals surface area contributed by atoms with E-state index in [1.807, 2.05) is 6.92 Å². The number of alkyl halides is 3. The van der Waals surface area contributed by atoms with Crippen LogP contribution in [0.4, 0.5) is 18.9 Å². The Morgan fingerprint density at radius 2 is 2.05 bits per heavy atom. The molecule has 0 saturated heterocycles. The molecule has 0 unspecified atom stereocenters. The molecular weight excluding hydrogens is 273 g/mol. The van der Waals surface area contributed by atoms with E-state index in [-0.39, 0.29) is 25.1 Å². The zero-order chi connectivity index (χ0) is 15.3. The highest BCUT2D eigenvalue weighted by Crippen LogP contribution is 2.22. The van der Waals surface area contributed by atoms with Gasteiger partial charge >= 0.3 is 6.18 Å². The lowest BCUT2D eigenvalue weighted by Gasteiger charge is -2.08. The fourth-order valence-electron chi connectivity index (χ4n) is 1.80. The second-order valence-electron chi connectivity index (χ2n) is 4.49. The van der Waals surface area contributed by atoms with Crippen LogP contribution in [0.2, 0.25) is 0 Å². The zero-order valence-corrected chi connectivity index (χ0v) is 11.5. The van der Waals surface area contributed by atoms with E-state index in [1.54, 1.807) is 6.92 Å². The molecule has 8 heteroatoms. The van der Waals surface area contributed by atoms with Gasteiger partial charge in [-0.1, -0.05) is 0 Å². The van der Waals surface area contributed by atoms with Gasteiger partial charge in [0.2, 0.25) is 0 Å². The molecule has 0 atom stereocenters. The van der Waals surface area contributed by atoms with Crippen molar-refractivity contribution in [2.45, 2.75) is 45.8 Å². The molecule has 1 aromatic heterocycles. The van der Waals surface area contributed by atoms with Crippen LogP contribution in [0.25, 0.3) is 0 Å². The van der Waals surface area contributed by atoms with Crippen molar-refractivity contribution in [2.75, 3.05) is 12.3 Å². The predicted molar refractivity (Wildman–Crippen MR) is 69.3 cm³/mol. The third kappa shape index (κ3) is 4.43. The van der Waals surface area contributed by atoms with Gasteiger partial charge in [-0.05, 0) is 26.7 Å². The van der Waals surface area contributed by atoms with Crippen LogP contribution in [0.5, 0.6) is 0 Å². The Kier molecular flexibility index (Phi) is 5.41. The first kappa shape index (κ1) is 16.3. The zero-order valence-electron chi connectivity index (χ0n) is 11.5. The van der Waals surface area contributed by atoms with E-state index in [0.717, 1.165) is 0 Å². The fraction of sp³-hybridized carbons (Fsp3) is 0.667. The summed E-state index contributed by atoms with van der Waals surface area (Å²) >= 11 is 0. The molecule has 0 aliphatic carbocycles. The molecular formula is C12H19F3N4O. The van der Waals surface area contributed by atoms with Gasteiger partial charge in [-0.25, -0.2) is 0 Å². The molecule has 1 heterocycles. The number of rotatable bonds is 6. The molecule has 1 amide bonds. The van der Waals surface area contributed by atoms with Crippen molar-refractivity contribution in [3.05, 3.63) is 11.4 Å². The summed E-state index contributed by atoms with van der Waals surface area (Å²) < 4.78 is 37.3. The van der Waals surface area contributed by atoms with E-state index in [2.05, 4.69) is 10.4 Å². The Bertz CT molecular complexity index is 468. The van der Waals surface area contributed by atoms with E-state index < -0.39 is 18.5 Å². The number of aromatic nitrogens is 2. The Morgan fingerprint density at radius 1 is 1.40 bits per heavy atom. The van der Waals surface area contributed by atoms with Crippen molar-refractivity contribution >= 4 is 11.6 Å². The van der Waals surface area contributed by atoms with Gasteiger partial charge < -0.3 is 11.1 Å². The topological polar surface area (TPSA) is 72.9 Å². The van der Waals surface area contributed by atoms with Crippen LogP contribution in [0.1, 0.15) is 42.4 Å². The summed E-state index contributed by atoms with van der Waals surface area (Å²) in [6.07, 6.45) is -4.72. The minimum Gasteiger partial charge on any atom is -0.395 e. The van der Waals surface area contributed by atoms with Crippen LogP contribution in [-0.4, -0.2) is 28.4 Å². The van der Waals surface area contributed by atoms with Gasteiger partial charge in [0.1, 0.15) is 5.69 Å². The van der Waals surface area contributed by atoms with E-state index >= 15 is 0 Å². The number of hydrogen-bond acceptors (Lipinski definition) is 3. The molecule has 0 radical (unpaired) electrons. The summed E-state index contributed by atoms with van der Waals surface area (Å²) in [5, 5.41) is 6.68. The second-order valence-corrected chi connectivity index (χ2v) is 4.49. The Balaban J connectivity index is 2.48. The van der Waals surface area contributed by atoms with Crippen molar-refractivity contribution in [2.24, 2.45) is 0 Å². The number of carbonyl (C=O) groups excluding carboxylic acids is 1. The molecule has 1 aromatic rings. The van der Waals surface area contributed by atoms with E-state index in [0.29, 0.717) is 17.9 Å². The number of nitrogens with two attached hydrogens (primary N) is 1. The second kappa shape index (κ2) is 6.62. The first-order valence-electron chi connectivity index (χ1n) is 6.44. The largest absolute Gasteiger partial charge is 0.395 e. The molecule has 0 fully saturated rings. The number of amides is 1. The van der Waals surface area contributed by atoms with Gasteiger partial charge in [0, 0.05) is 19.5 Å². The summed E-state index contributed by atoms with van der Waals surface area (Å²) in [4.78, 5) is 11.9. The third-order valence-corrected chi connectivity index (χ3v) is 2.86. The van der Waals surface area contributed by atoms with E-state index in [1.165, 1.54) is 4.68 Å². The Labute approximate surface area is 115 Å². The van der Waals surface area contributed by atoms with Crippen molar-refractivity contribution < 1.29 is 18.0 Å². The number of anilines is 1. The van der Waals surface area contributed by atoms with Crippen LogP contribution < -0.4 is 11.1 Å². The average molecular weight is 292 g/mol. The summed E-state index contributed by atoms with van der Waals surface area (Å²) in [5.41, 5.74) is 6.91. The maximum Gasteiger partial charge on any atom is 0.389 e. The highest BCUT2D eigenvalue weighted by molar-refractivity contribution is 5.97. The maximum atomic E-state index is 11.9. The first-order valence-corrected chi connectivity index (χ1v) is 6.44. The molecule has 0 bridgehead atoms. The maximum absolute atomic E-state index is 11.9. The molecule has 114 valence electrons. The van der Waals surface area contributed by atoms with Gasteiger partial charge in [-0.3, -0.25) is 9.48 Å². The molecule has 0 aliphatic heterocycles. The van der Waals surface area contributed by atoms with Gasteiger partial charge in [0.25, 0.3) is 5.91 Å². The van der Waals surface area contributed by atoms with Crippen LogP contribution in [0.3, 0.4) is 0 Å². The number of nitrogens with zero attached hydrogens (tertiary/aromatic N) is 2. The quantitative estimate of drug-likeness (QED) is 0.790.